The predicted octanol–water partition coefficient (Wildman–Crippen LogP) is 2.05. The molecule has 13 heavy (non-hydrogen) atoms. The van der Waals surface area contributed by atoms with E-state index in [4.69, 9.17) is 11.3 Å². The highest BCUT2D eigenvalue weighted by molar-refractivity contribution is 5.89. The molecule has 4 nitrogen and oxygen atoms in total. The lowest BCUT2D eigenvalue weighted by molar-refractivity contribution is 0.0520. The summed E-state index contributed by atoms with van der Waals surface area (Å²) in [5, 5.41) is 0. The lowest BCUT2D eigenvalue weighted by atomic mass is 10.4. The molecule has 0 amide bonds. The second-order valence-corrected chi connectivity index (χ2v) is 2.53. The normalized spacial score (nSPS) is 9.31. The van der Waals surface area contributed by atoms with Gasteiger partial charge < -0.3 is 9.72 Å². The Morgan fingerprint density at radius 3 is 2.92 bits per heavy atom. The zero-order valence-electron chi connectivity index (χ0n) is 7.55. The molecule has 0 aliphatic carbocycles. The van der Waals surface area contributed by atoms with Crippen LogP contribution in [0.4, 0.5) is 5.69 Å². The highest BCUT2D eigenvalue weighted by Crippen LogP contribution is 2.19. The number of nitrogens with zero attached hydrogens (tertiary/aromatic N) is 1. The van der Waals surface area contributed by atoms with Crippen LogP contribution in [0.5, 0.6) is 0 Å². The van der Waals surface area contributed by atoms with Crippen LogP contribution >= 0.6 is 0 Å². The fraction of sp³-hybridized carbons (Fsp3) is 0.333. The van der Waals surface area contributed by atoms with Gasteiger partial charge in [0.25, 0.3) is 0 Å². The van der Waals surface area contributed by atoms with Crippen LogP contribution < -0.4 is 0 Å². The van der Waals surface area contributed by atoms with Crippen molar-refractivity contribution in [2.24, 2.45) is 0 Å². The summed E-state index contributed by atoms with van der Waals surface area (Å²) in [6.45, 7) is 10.6. The third kappa shape index (κ3) is 1.88. The van der Waals surface area contributed by atoms with Gasteiger partial charge in [0.05, 0.1) is 13.2 Å². The van der Waals surface area contributed by atoms with Gasteiger partial charge in [-0.25, -0.2) is 9.64 Å². The topological polar surface area (TPSA) is 46.5 Å². The van der Waals surface area contributed by atoms with Gasteiger partial charge >= 0.3 is 5.97 Å². The fourth-order valence-electron chi connectivity index (χ4n) is 0.982. The van der Waals surface area contributed by atoms with Crippen molar-refractivity contribution in [3.8, 4) is 0 Å². The first-order chi connectivity index (χ1) is 6.19. The van der Waals surface area contributed by atoms with Gasteiger partial charge in [-0.05, 0) is 19.9 Å². The molecule has 0 saturated carbocycles. The third-order valence-electron chi connectivity index (χ3n) is 1.60. The highest BCUT2D eigenvalue weighted by Gasteiger charge is 2.11. The zero-order chi connectivity index (χ0) is 9.84. The van der Waals surface area contributed by atoms with Crippen LogP contribution in [0.1, 0.15) is 23.1 Å². The first-order valence-corrected chi connectivity index (χ1v) is 3.93. The number of hydrogen-bond acceptors (Lipinski definition) is 2. The summed E-state index contributed by atoms with van der Waals surface area (Å²) in [5.41, 5.74) is 1.49. The van der Waals surface area contributed by atoms with Gasteiger partial charge in [0.1, 0.15) is 5.69 Å². The average Bonchev–Trinajstić information content (AvgIpc) is 2.47. The minimum Gasteiger partial charge on any atom is -0.461 e. The first kappa shape index (κ1) is 9.33. The monoisotopic (exact) mass is 178 g/mol. The van der Waals surface area contributed by atoms with Gasteiger partial charge in [-0.3, -0.25) is 0 Å². The second-order valence-electron chi connectivity index (χ2n) is 2.53. The first-order valence-electron chi connectivity index (χ1n) is 3.93. The Balaban J connectivity index is 2.92. The number of aromatic amines is 1. The smallest absolute Gasteiger partial charge is 0.353 e. The Labute approximate surface area is 76.3 Å². The van der Waals surface area contributed by atoms with Crippen LogP contribution in [-0.2, 0) is 4.74 Å². The van der Waals surface area contributed by atoms with Gasteiger partial charge in [-0.2, -0.15) is 0 Å². The van der Waals surface area contributed by atoms with E-state index in [-0.39, 0.29) is 0 Å². The number of ether oxygens (including phenoxy) is 1. The quantitative estimate of drug-likeness (QED) is 0.556. The van der Waals surface area contributed by atoms with E-state index in [0.29, 0.717) is 23.7 Å². The minimum atomic E-state index is -0.416. The zero-order valence-corrected chi connectivity index (χ0v) is 7.55. The Morgan fingerprint density at radius 2 is 2.46 bits per heavy atom. The molecule has 0 spiro atoms. The molecular formula is C9H10N2O2. The third-order valence-corrected chi connectivity index (χ3v) is 1.60. The van der Waals surface area contributed by atoms with Crippen LogP contribution in [0.3, 0.4) is 0 Å². The summed E-state index contributed by atoms with van der Waals surface area (Å²) in [6.07, 6.45) is 0. The highest BCUT2D eigenvalue weighted by atomic mass is 16.5. The van der Waals surface area contributed by atoms with E-state index in [1.807, 2.05) is 0 Å². The van der Waals surface area contributed by atoms with Crippen molar-refractivity contribution < 1.29 is 9.53 Å². The Kier molecular flexibility index (Phi) is 2.70. The lowest BCUT2D eigenvalue weighted by Gasteiger charge is -1.97. The second kappa shape index (κ2) is 3.76. The molecule has 0 bridgehead atoms. The van der Waals surface area contributed by atoms with Crippen molar-refractivity contribution in [2.75, 3.05) is 6.61 Å². The molecule has 1 aromatic rings. The van der Waals surface area contributed by atoms with E-state index < -0.39 is 5.97 Å². The van der Waals surface area contributed by atoms with Crippen molar-refractivity contribution in [3.05, 3.63) is 28.9 Å². The Hall–Kier alpha value is -1.76. The summed E-state index contributed by atoms with van der Waals surface area (Å²) in [4.78, 5) is 17.2. The van der Waals surface area contributed by atoms with Crippen LogP contribution in [0, 0.1) is 13.5 Å². The number of aromatic nitrogens is 1. The summed E-state index contributed by atoms with van der Waals surface area (Å²) in [5.74, 6) is -0.416. The van der Waals surface area contributed by atoms with E-state index in [9.17, 15) is 4.79 Å². The molecule has 1 heterocycles. The van der Waals surface area contributed by atoms with Gasteiger partial charge in [0.2, 0.25) is 5.69 Å². The van der Waals surface area contributed by atoms with Crippen molar-refractivity contribution >= 4 is 11.7 Å². The van der Waals surface area contributed by atoms with Gasteiger partial charge in [-0.1, -0.05) is 0 Å². The standard InChI is InChI=1S/C9H10N2O2/c1-4-13-9(12)8-5-7(10-3)6(2)11-8/h5,11H,4H2,1-2H3. The molecule has 68 valence electrons. The molecule has 1 rings (SSSR count). The van der Waals surface area contributed by atoms with Crippen LogP contribution in [0.15, 0.2) is 6.07 Å². The maximum absolute atomic E-state index is 11.2. The van der Waals surface area contributed by atoms with E-state index in [0.717, 1.165) is 0 Å². The van der Waals surface area contributed by atoms with E-state index >= 15 is 0 Å². The average molecular weight is 178 g/mol. The van der Waals surface area contributed by atoms with E-state index in [2.05, 4.69) is 9.83 Å². The Bertz CT molecular complexity index is 360. The molecule has 0 saturated heterocycles. The van der Waals surface area contributed by atoms with Crippen LogP contribution in [0.25, 0.3) is 4.85 Å². The van der Waals surface area contributed by atoms with Crippen molar-refractivity contribution in [3.63, 3.8) is 0 Å². The number of carbonyl (C=O) groups is 1. The number of carbonyl (C=O) groups excluding carboxylic acids is 1. The summed E-state index contributed by atoms with van der Waals surface area (Å²) in [7, 11) is 0. The fourth-order valence-corrected chi connectivity index (χ4v) is 0.982. The number of esters is 1. The molecule has 0 radical (unpaired) electrons. The maximum Gasteiger partial charge on any atom is 0.353 e. The van der Waals surface area contributed by atoms with E-state index in [1.165, 1.54) is 6.07 Å². The van der Waals surface area contributed by atoms with Crippen molar-refractivity contribution in [2.45, 2.75) is 13.8 Å². The van der Waals surface area contributed by atoms with Gasteiger partial charge in [0, 0.05) is 5.69 Å². The van der Waals surface area contributed by atoms with Crippen LogP contribution in [0.2, 0.25) is 0 Å². The van der Waals surface area contributed by atoms with Crippen LogP contribution in [-0.4, -0.2) is 17.6 Å². The number of rotatable bonds is 2. The largest absolute Gasteiger partial charge is 0.461 e. The van der Waals surface area contributed by atoms with Gasteiger partial charge in [-0.15, -0.1) is 0 Å². The molecule has 0 fully saturated rings. The summed E-state index contributed by atoms with van der Waals surface area (Å²) < 4.78 is 4.77. The summed E-state index contributed by atoms with van der Waals surface area (Å²) >= 11 is 0. The number of hydrogen-bond donors (Lipinski definition) is 1. The number of H-pyrrole nitrogens is 1. The lowest BCUT2D eigenvalue weighted by Crippen LogP contribution is -2.04. The molecule has 0 aromatic carbocycles. The number of aryl methyl sites for hydroxylation is 1. The molecule has 4 heteroatoms. The molecule has 1 aromatic heterocycles. The van der Waals surface area contributed by atoms with Crippen molar-refractivity contribution in [1.29, 1.82) is 0 Å². The molecule has 0 atom stereocenters. The predicted molar refractivity (Wildman–Crippen MR) is 47.7 cm³/mol. The molecule has 0 aliphatic rings. The molecular weight excluding hydrogens is 168 g/mol. The van der Waals surface area contributed by atoms with E-state index in [1.54, 1.807) is 13.8 Å². The van der Waals surface area contributed by atoms with Gasteiger partial charge in [0.15, 0.2) is 0 Å². The maximum atomic E-state index is 11.2. The molecule has 1 N–H and O–H groups in total. The molecule has 0 unspecified atom stereocenters. The minimum absolute atomic E-state index is 0.338. The summed E-state index contributed by atoms with van der Waals surface area (Å²) in [6, 6.07) is 1.50. The number of nitrogens with one attached hydrogen (secondary N) is 1. The van der Waals surface area contributed by atoms with Crippen molar-refractivity contribution in [1.82, 2.24) is 4.98 Å². The Morgan fingerprint density at radius 1 is 1.77 bits per heavy atom. The SMILES string of the molecule is [C-]#[N+]c1cc(C(=O)OCC)[nH]c1C. The molecule has 0 aliphatic heterocycles.